The Morgan fingerprint density at radius 3 is 2.48 bits per heavy atom. The van der Waals surface area contributed by atoms with Gasteiger partial charge in [-0.2, -0.15) is 0 Å². The lowest BCUT2D eigenvalue weighted by Gasteiger charge is -2.20. The van der Waals surface area contributed by atoms with Crippen LogP contribution in [0.1, 0.15) is 38.3 Å². The van der Waals surface area contributed by atoms with Gasteiger partial charge in [0.25, 0.3) is 0 Å². The standard InChI is InChI=1S/C16H25NO4/c1-16(2,3)21-15(20)17-10-13-7-5-4-6-12(13)8-9-14(19)11-18/h4-7,14,18-19H,8-11H2,1-3H3,(H,17,20)/t14-/m0/s1. The van der Waals surface area contributed by atoms with Crippen LogP contribution in [-0.2, 0) is 17.7 Å². The molecule has 0 fully saturated rings. The van der Waals surface area contributed by atoms with Crippen LogP contribution in [0.25, 0.3) is 0 Å². The average Bonchev–Trinajstić information content (AvgIpc) is 2.41. The number of aliphatic hydroxyl groups excluding tert-OH is 2. The van der Waals surface area contributed by atoms with Crippen LogP contribution in [0.3, 0.4) is 0 Å². The van der Waals surface area contributed by atoms with Crippen molar-refractivity contribution < 1.29 is 19.7 Å². The third kappa shape index (κ3) is 7.11. The lowest BCUT2D eigenvalue weighted by molar-refractivity contribution is 0.0523. The van der Waals surface area contributed by atoms with E-state index in [4.69, 9.17) is 9.84 Å². The molecule has 0 saturated carbocycles. The number of hydrogen-bond acceptors (Lipinski definition) is 4. The van der Waals surface area contributed by atoms with Crippen LogP contribution in [-0.4, -0.2) is 34.6 Å². The molecule has 1 amide bonds. The van der Waals surface area contributed by atoms with Gasteiger partial charge in [-0.3, -0.25) is 0 Å². The fraction of sp³-hybridized carbons (Fsp3) is 0.562. The minimum atomic E-state index is -0.711. The molecule has 0 radical (unpaired) electrons. The highest BCUT2D eigenvalue weighted by Gasteiger charge is 2.16. The van der Waals surface area contributed by atoms with E-state index in [9.17, 15) is 9.90 Å². The number of rotatable bonds is 6. The summed E-state index contributed by atoms with van der Waals surface area (Å²) >= 11 is 0. The van der Waals surface area contributed by atoms with Crippen molar-refractivity contribution in [2.24, 2.45) is 0 Å². The molecule has 0 bridgehead atoms. The van der Waals surface area contributed by atoms with E-state index in [1.54, 1.807) is 0 Å². The van der Waals surface area contributed by atoms with E-state index in [0.29, 0.717) is 19.4 Å². The maximum atomic E-state index is 11.6. The van der Waals surface area contributed by atoms with Crippen molar-refractivity contribution in [3.63, 3.8) is 0 Å². The van der Waals surface area contributed by atoms with E-state index in [1.165, 1.54) is 0 Å². The number of carbonyl (C=O) groups excluding carboxylic acids is 1. The Balaban J connectivity index is 2.57. The van der Waals surface area contributed by atoms with Crippen molar-refractivity contribution in [3.05, 3.63) is 35.4 Å². The summed E-state index contributed by atoms with van der Waals surface area (Å²) < 4.78 is 5.19. The third-order valence-corrected chi connectivity index (χ3v) is 2.90. The zero-order valence-corrected chi connectivity index (χ0v) is 12.9. The number of amides is 1. The van der Waals surface area contributed by atoms with Gasteiger partial charge in [-0.05, 0) is 44.7 Å². The van der Waals surface area contributed by atoms with E-state index in [0.717, 1.165) is 11.1 Å². The summed E-state index contributed by atoms with van der Waals surface area (Å²) in [5, 5.41) is 21.0. The van der Waals surface area contributed by atoms with Gasteiger partial charge in [-0.25, -0.2) is 4.79 Å². The number of hydrogen-bond donors (Lipinski definition) is 3. The first kappa shape index (κ1) is 17.5. The zero-order chi connectivity index (χ0) is 15.9. The minimum absolute atomic E-state index is 0.238. The second-order valence-electron chi connectivity index (χ2n) is 6.00. The highest BCUT2D eigenvalue weighted by Crippen LogP contribution is 2.13. The predicted molar refractivity (Wildman–Crippen MR) is 80.9 cm³/mol. The normalized spacial score (nSPS) is 12.8. The number of carbonyl (C=O) groups is 1. The Labute approximate surface area is 125 Å². The fourth-order valence-corrected chi connectivity index (χ4v) is 1.87. The SMILES string of the molecule is CC(C)(C)OC(=O)NCc1ccccc1CC[C@H](O)CO. The first-order valence-corrected chi connectivity index (χ1v) is 7.14. The van der Waals surface area contributed by atoms with Gasteiger partial charge in [0.05, 0.1) is 12.7 Å². The van der Waals surface area contributed by atoms with Gasteiger partial charge in [0.1, 0.15) is 5.60 Å². The molecule has 0 heterocycles. The highest BCUT2D eigenvalue weighted by molar-refractivity contribution is 5.67. The molecule has 0 unspecified atom stereocenters. The van der Waals surface area contributed by atoms with E-state index in [2.05, 4.69) is 5.32 Å². The summed E-state index contributed by atoms with van der Waals surface area (Å²) in [6.45, 7) is 5.59. The van der Waals surface area contributed by atoms with Crippen LogP contribution < -0.4 is 5.32 Å². The summed E-state index contributed by atoms with van der Waals surface area (Å²) in [5.74, 6) is 0. The molecule has 0 aliphatic heterocycles. The maximum absolute atomic E-state index is 11.6. The molecule has 1 aromatic carbocycles. The molecule has 1 aromatic rings. The predicted octanol–water partition coefficient (Wildman–Crippen LogP) is 2.00. The average molecular weight is 295 g/mol. The minimum Gasteiger partial charge on any atom is -0.444 e. The van der Waals surface area contributed by atoms with Crippen LogP contribution in [0.4, 0.5) is 4.79 Å². The second-order valence-corrected chi connectivity index (χ2v) is 6.00. The summed E-state index contributed by atoms with van der Waals surface area (Å²) in [6.07, 6.45) is -0.0297. The first-order valence-electron chi connectivity index (χ1n) is 7.14. The number of alkyl carbamates (subject to hydrolysis) is 1. The molecule has 1 rings (SSSR count). The molecule has 5 heteroatoms. The van der Waals surface area contributed by atoms with Gasteiger partial charge in [-0.15, -0.1) is 0 Å². The Morgan fingerprint density at radius 1 is 1.29 bits per heavy atom. The Kier molecular flexibility index (Phi) is 6.65. The van der Waals surface area contributed by atoms with Gasteiger partial charge >= 0.3 is 6.09 Å². The first-order chi connectivity index (χ1) is 9.81. The summed E-state index contributed by atoms with van der Waals surface area (Å²) in [7, 11) is 0. The number of ether oxygens (including phenoxy) is 1. The molecule has 0 aliphatic rings. The van der Waals surface area contributed by atoms with E-state index >= 15 is 0 Å². The quantitative estimate of drug-likeness (QED) is 0.750. The molecular weight excluding hydrogens is 270 g/mol. The number of aliphatic hydroxyl groups is 2. The van der Waals surface area contributed by atoms with Crippen molar-refractivity contribution in [2.45, 2.75) is 51.9 Å². The number of aryl methyl sites for hydroxylation is 1. The van der Waals surface area contributed by atoms with Gasteiger partial charge in [-0.1, -0.05) is 24.3 Å². The summed E-state index contributed by atoms with van der Waals surface area (Å²) in [5.41, 5.74) is 1.50. The highest BCUT2D eigenvalue weighted by atomic mass is 16.6. The van der Waals surface area contributed by atoms with E-state index < -0.39 is 17.8 Å². The fourth-order valence-electron chi connectivity index (χ4n) is 1.87. The van der Waals surface area contributed by atoms with Crippen LogP contribution in [0.5, 0.6) is 0 Å². The lowest BCUT2D eigenvalue weighted by atomic mass is 10.0. The Morgan fingerprint density at radius 2 is 1.90 bits per heavy atom. The summed E-state index contributed by atoms with van der Waals surface area (Å²) in [6, 6.07) is 7.70. The molecule has 3 N–H and O–H groups in total. The van der Waals surface area contributed by atoms with Crippen molar-refractivity contribution in [2.75, 3.05) is 6.61 Å². The maximum Gasteiger partial charge on any atom is 0.407 e. The number of nitrogens with one attached hydrogen (secondary N) is 1. The topological polar surface area (TPSA) is 78.8 Å². The third-order valence-electron chi connectivity index (χ3n) is 2.90. The Bertz CT molecular complexity index is 454. The molecular formula is C16H25NO4. The van der Waals surface area contributed by atoms with Crippen LogP contribution in [0.15, 0.2) is 24.3 Å². The molecule has 21 heavy (non-hydrogen) atoms. The van der Waals surface area contributed by atoms with Crippen LogP contribution in [0.2, 0.25) is 0 Å². The molecule has 0 spiro atoms. The van der Waals surface area contributed by atoms with Gasteiger partial charge in [0.2, 0.25) is 0 Å². The molecule has 5 nitrogen and oxygen atoms in total. The smallest absolute Gasteiger partial charge is 0.407 e. The number of benzene rings is 1. The molecule has 0 aliphatic carbocycles. The molecule has 1 atom stereocenters. The van der Waals surface area contributed by atoms with Gasteiger partial charge in [0, 0.05) is 6.54 Å². The van der Waals surface area contributed by atoms with E-state index in [-0.39, 0.29) is 6.61 Å². The molecule has 0 saturated heterocycles. The molecule has 118 valence electrons. The van der Waals surface area contributed by atoms with Crippen molar-refractivity contribution in [1.82, 2.24) is 5.32 Å². The van der Waals surface area contributed by atoms with E-state index in [1.807, 2.05) is 45.0 Å². The monoisotopic (exact) mass is 295 g/mol. The van der Waals surface area contributed by atoms with Crippen molar-refractivity contribution >= 4 is 6.09 Å². The largest absolute Gasteiger partial charge is 0.444 e. The zero-order valence-electron chi connectivity index (χ0n) is 12.9. The summed E-state index contributed by atoms with van der Waals surface area (Å²) in [4.78, 5) is 11.6. The molecule has 0 aromatic heterocycles. The lowest BCUT2D eigenvalue weighted by Crippen LogP contribution is -2.32. The van der Waals surface area contributed by atoms with Gasteiger partial charge in [0.15, 0.2) is 0 Å². The Hall–Kier alpha value is -1.59. The van der Waals surface area contributed by atoms with Gasteiger partial charge < -0.3 is 20.3 Å². The van der Waals surface area contributed by atoms with Crippen molar-refractivity contribution in [3.8, 4) is 0 Å². The van der Waals surface area contributed by atoms with Crippen LogP contribution in [0, 0.1) is 0 Å². The van der Waals surface area contributed by atoms with Crippen molar-refractivity contribution in [1.29, 1.82) is 0 Å². The van der Waals surface area contributed by atoms with Crippen LogP contribution >= 0.6 is 0 Å². The second kappa shape index (κ2) is 8.00.